The summed E-state index contributed by atoms with van der Waals surface area (Å²) in [4.78, 5) is 12.7. The Labute approximate surface area is 197 Å². The second kappa shape index (κ2) is 10.3. The highest BCUT2D eigenvalue weighted by atomic mass is 35.5. The van der Waals surface area contributed by atoms with Crippen LogP contribution in [0.5, 0.6) is 5.75 Å². The van der Waals surface area contributed by atoms with Crippen molar-refractivity contribution in [3.63, 3.8) is 0 Å². The summed E-state index contributed by atoms with van der Waals surface area (Å²) in [5.74, 6) is 0.0512. The quantitative estimate of drug-likeness (QED) is 0.409. The van der Waals surface area contributed by atoms with Crippen LogP contribution >= 0.6 is 23.2 Å². The van der Waals surface area contributed by atoms with Crippen LogP contribution in [-0.4, -0.2) is 20.4 Å². The van der Waals surface area contributed by atoms with Crippen LogP contribution in [0.25, 0.3) is 0 Å². The van der Waals surface area contributed by atoms with Gasteiger partial charge >= 0.3 is 0 Å². The highest BCUT2D eigenvalue weighted by Crippen LogP contribution is 2.26. The van der Waals surface area contributed by atoms with Crippen molar-refractivity contribution in [2.45, 2.75) is 31.3 Å². The number of amides is 1. The lowest BCUT2D eigenvalue weighted by atomic mass is 10.2. The summed E-state index contributed by atoms with van der Waals surface area (Å²) in [5, 5.41) is 3.61. The summed E-state index contributed by atoms with van der Waals surface area (Å²) in [6.07, 6.45) is -0.335. The van der Waals surface area contributed by atoms with Gasteiger partial charge in [-0.1, -0.05) is 48.3 Å². The van der Waals surface area contributed by atoms with Crippen molar-refractivity contribution in [2.24, 2.45) is 0 Å². The fraction of sp³-hybridized carbons (Fsp3) is 0.174. The molecule has 0 aliphatic heterocycles. The van der Waals surface area contributed by atoms with Gasteiger partial charge in [0.25, 0.3) is 15.9 Å². The first-order chi connectivity index (χ1) is 15.2. The summed E-state index contributed by atoms with van der Waals surface area (Å²) < 4.78 is 33.5. The summed E-state index contributed by atoms with van der Waals surface area (Å²) >= 11 is 12.2. The number of benzene rings is 3. The van der Waals surface area contributed by atoms with Crippen LogP contribution < -0.4 is 14.8 Å². The largest absolute Gasteiger partial charge is 0.479 e. The number of hydrogen-bond donors (Lipinski definition) is 2. The zero-order chi connectivity index (χ0) is 23.3. The van der Waals surface area contributed by atoms with E-state index in [1.165, 1.54) is 24.3 Å². The number of carbonyl (C=O) groups excluding carboxylic acids is 1. The number of carbonyl (C=O) groups is 1. The number of hydrogen-bond acceptors (Lipinski definition) is 4. The summed E-state index contributed by atoms with van der Waals surface area (Å²) in [7, 11) is -3.82. The molecular weight excluding hydrogens is 471 g/mol. The second-order valence-electron chi connectivity index (χ2n) is 7.03. The summed E-state index contributed by atoms with van der Waals surface area (Å²) in [5.41, 5.74) is 1.65. The minimum Gasteiger partial charge on any atom is -0.479 e. The van der Waals surface area contributed by atoms with Gasteiger partial charge in [-0.25, -0.2) is 8.42 Å². The van der Waals surface area contributed by atoms with Crippen molar-refractivity contribution < 1.29 is 17.9 Å². The lowest BCUT2D eigenvalue weighted by Gasteiger charge is -2.18. The van der Waals surface area contributed by atoms with Crippen LogP contribution in [0, 0.1) is 6.92 Å². The molecule has 0 saturated heterocycles. The Morgan fingerprint density at radius 3 is 2.25 bits per heavy atom. The van der Waals surface area contributed by atoms with E-state index in [2.05, 4.69) is 10.0 Å². The van der Waals surface area contributed by atoms with E-state index in [0.717, 1.165) is 5.56 Å². The Morgan fingerprint density at radius 1 is 0.969 bits per heavy atom. The van der Waals surface area contributed by atoms with E-state index < -0.39 is 16.1 Å². The molecule has 0 aliphatic rings. The number of aryl methyl sites for hydroxylation is 1. The first kappa shape index (κ1) is 23.9. The Kier molecular flexibility index (Phi) is 7.66. The van der Waals surface area contributed by atoms with Crippen molar-refractivity contribution in [3.8, 4) is 5.75 Å². The highest BCUT2D eigenvalue weighted by Gasteiger charge is 2.20. The third-order valence-corrected chi connectivity index (χ3v) is 6.74. The highest BCUT2D eigenvalue weighted by molar-refractivity contribution is 7.92. The van der Waals surface area contributed by atoms with Gasteiger partial charge in [0.2, 0.25) is 0 Å². The molecule has 1 atom stereocenters. The topological polar surface area (TPSA) is 84.5 Å². The number of sulfonamides is 1. The van der Waals surface area contributed by atoms with Crippen LogP contribution in [0.3, 0.4) is 0 Å². The minimum atomic E-state index is -3.82. The molecule has 3 aromatic rings. The van der Waals surface area contributed by atoms with Gasteiger partial charge in [0.05, 0.1) is 15.6 Å². The van der Waals surface area contributed by atoms with Gasteiger partial charge in [-0.05, 0) is 67.4 Å². The van der Waals surface area contributed by atoms with Crippen molar-refractivity contribution in [1.82, 2.24) is 0 Å². The number of rotatable bonds is 8. The van der Waals surface area contributed by atoms with Crippen LogP contribution in [0.2, 0.25) is 10.0 Å². The Bertz CT molecular complexity index is 1210. The van der Waals surface area contributed by atoms with Crippen LogP contribution in [0.15, 0.2) is 71.6 Å². The lowest BCUT2D eigenvalue weighted by Crippen LogP contribution is -2.32. The van der Waals surface area contributed by atoms with Crippen molar-refractivity contribution >= 4 is 50.5 Å². The number of ether oxygens (including phenoxy) is 1. The van der Waals surface area contributed by atoms with Gasteiger partial charge in [-0.15, -0.1) is 0 Å². The average molecular weight is 493 g/mol. The van der Waals surface area contributed by atoms with E-state index in [1.807, 2.05) is 13.8 Å². The van der Waals surface area contributed by atoms with Crippen LogP contribution in [-0.2, 0) is 14.8 Å². The van der Waals surface area contributed by atoms with E-state index >= 15 is 0 Å². The molecule has 168 valence electrons. The predicted molar refractivity (Wildman–Crippen MR) is 128 cm³/mol. The maximum absolute atomic E-state index is 12.6. The normalized spacial score (nSPS) is 12.1. The summed E-state index contributed by atoms with van der Waals surface area (Å²) in [6, 6.07) is 17.7. The molecule has 9 heteroatoms. The molecule has 0 spiro atoms. The Hall–Kier alpha value is -2.74. The zero-order valence-corrected chi connectivity index (χ0v) is 19.8. The molecule has 0 radical (unpaired) electrons. The standard InChI is InChI=1S/C23H22Cl2N2O4S/c1-3-21(31-22-7-5-4-6-19(22)24)23(28)26-16-10-12-18(13-11-16)32(29,30)27-17-9-8-15(2)20(25)14-17/h4-14,21,27H,3H2,1-2H3,(H,26,28)/t21-/m0/s1. The van der Waals surface area contributed by atoms with Gasteiger partial charge in [-0.3, -0.25) is 9.52 Å². The number of anilines is 2. The predicted octanol–water partition coefficient (Wildman–Crippen LogP) is 5.90. The Balaban J connectivity index is 1.68. The van der Waals surface area contributed by atoms with Crippen molar-refractivity contribution in [1.29, 1.82) is 0 Å². The number of nitrogens with one attached hydrogen (secondary N) is 2. The van der Waals surface area contributed by atoms with Gasteiger partial charge < -0.3 is 10.1 Å². The second-order valence-corrected chi connectivity index (χ2v) is 9.53. The van der Waals surface area contributed by atoms with Crippen LogP contribution in [0.4, 0.5) is 11.4 Å². The smallest absolute Gasteiger partial charge is 0.265 e. The molecular formula is C23H22Cl2N2O4S. The molecule has 6 nitrogen and oxygen atoms in total. The molecule has 0 heterocycles. The van der Waals surface area contributed by atoms with Crippen LogP contribution in [0.1, 0.15) is 18.9 Å². The molecule has 0 aromatic heterocycles. The van der Waals surface area contributed by atoms with Gasteiger partial charge in [-0.2, -0.15) is 0 Å². The fourth-order valence-electron chi connectivity index (χ4n) is 2.83. The van der Waals surface area contributed by atoms with E-state index in [-0.39, 0.29) is 10.8 Å². The molecule has 3 aromatic carbocycles. The monoisotopic (exact) mass is 492 g/mol. The maximum atomic E-state index is 12.6. The van der Waals surface area contributed by atoms with E-state index in [9.17, 15) is 13.2 Å². The molecule has 0 fully saturated rings. The number of para-hydroxylation sites is 1. The molecule has 2 N–H and O–H groups in total. The average Bonchev–Trinajstić information content (AvgIpc) is 2.76. The molecule has 0 bridgehead atoms. The van der Waals surface area contributed by atoms with Gasteiger partial charge in [0.15, 0.2) is 6.10 Å². The zero-order valence-electron chi connectivity index (χ0n) is 17.4. The van der Waals surface area contributed by atoms with Gasteiger partial charge in [0, 0.05) is 10.7 Å². The summed E-state index contributed by atoms with van der Waals surface area (Å²) in [6.45, 7) is 3.65. The van der Waals surface area contributed by atoms with E-state index in [4.69, 9.17) is 27.9 Å². The molecule has 32 heavy (non-hydrogen) atoms. The van der Waals surface area contributed by atoms with E-state index in [0.29, 0.717) is 33.6 Å². The van der Waals surface area contributed by atoms with Gasteiger partial charge in [0.1, 0.15) is 5.75 Å². The van der Waals surface area contributed by atoms with E-state index in [1.54, 1.807) is 42.5 Å². The molecule has 0 aliphatic carbocycles. The third-order valence-electron chi connectivity index (χ3n) is 4.63. The SMILES string of the molecule is CC[C@H](Oc1ccccc1Cl)C(=O)Nc1ccc(S(=O)(=O)Nc2ccc(C)c(Cl)c2)cc1. The molecule has 1 amide bonds. The molecule has 3 rings (SSSR count). The Morgan fingerprint density at radius 2 is 1.62 bits per heavy atom. The maximum Gasteiger partial charge on any atom is 0.265 e. The lowest BCUT2D eigenvalue weighted by molar-refractivity contribution is -0.122. The van der Waals surface area contributed by atoms with Crippen molar-refractivity contribution in [3.05, 3.63) is 82.3 Å². The molecule has 0 unspecified atom stereocenters. The molecule has 0 saturated carbocycles. The fourth-order valence-corrected chi connectivity index (χ4v) is 4.24. The first-order valence-corrected chi connectivity index (χ1v) is 12.0. The minimum absolute atomic E-state index is 0.0477. The van der Waals surface area contributed by atoms with Crippen molar-refractivity contribution in [2.75, 3.05) is 10.0 Å². The number of halogens is 2. The first-order valence-electron chi connectivity index (χ1n) is 9.80. The third kappa shape index (κ3) is 5.94.